The zero-order valence-corrected chi connectivity index (χ0v) is 9.55. The Morgan fingerprint density at radius 1 is 0.786 bits per heavy atom. The molecule has 0 saturated carbocycles. The van der Waals surface area contributed by atoms with Crippen LogP contribution in [0.25, 0.3) is 0 Å². The molecule has 0 aliphatic carbocycles. The lowest BCUT2D eigenvalue weighted by Gasteiger charge is -2.09. The van der Waals surface area contributed by atoms with Crippen LogP contribution >= 0.6 is 0 Å². The Balaban J connectivity index is 2.92. The SMILES string of the molecule is CC(N)NCCCCCCNC(C)N. The molecule has 2 unspecified atom stereocenters. The third-order valence-electron chi connectivity index (χ3n) is 2.04. The minimum absolute atomic E-state index is 0.120. The van der Waals surface area contributed by atoms with Crippen LogP contribution in [0.5, 0.6) is 0 Å². The van der Waals surface area contributed by atoms with Gasteiger partial charge in [-0.3, -0.25) is 0 Å². The van der Waals surface area contributed by atoms with E-state index in [9.17, 15) is 0 Å². The molecule has 0 aliphatic rings. The van der Waals surface area contributed by atoms with E-state index in [2.05, 4.69) is 10.6 Å². The van der Waals surface area contributed by atoms with E-state index < -0.39 is 0 Å². The van der Waals surface area contributed by atoms with Crippen molar-refractivity contribution in [3.63, 3.8) is 0 Å². The average Bonchev–Trinajstić information content (AvgIpc) is 2.08. The van der Waals surface area contributed by atoms with E-state index in [1.807, 2.05) is 13.8 Å². The van der Waals surface area contributed by atoms with Crippen LogP contribution in [0.1, 0.15) is 39.5 Å². The predicted molar refractivity (Wildman–Crippen MR) is 61.8 cm³/mol. The third kappa shape index (κ3) is 11.8. The highest BCUT2D eigenvalue weighted by Gasteiger charge is 1.94. The fraction of sp³-hybridized carbons (Fsp3) is 1.00. The quantitative estimate of drug-likeness (QED) is 0.321. The van der Waals surface area contributed by atoms with E-state index in [1.165, 1.54) is 25.7 Å². The number of nitrogens with two attached hydrogens (primary N) is 2. The molecule has 0 radical (unpaired) electrons. The zero-order valence-electron chi connectivity index (χ0n) is 9.55. The van der Waals surface area contributed by atoms with Crippen LogP contribution in [-0.2, 0) is 0 Å². The number of hydrogen-bond acceptors (Lipinski definition) is 4. The van der Waals surface area contributed by atoms with E-state index in [4.69, 9.17) is 11.5 Å². The minimum Gasteiger partial charge on any atom is -0.316 e. The van der Waals surface area contributed by atoms with Crippen LogP contribution in [0.4, 0.5) is 0 Å². The third-order valence-corrected chi connectivity index (χ3v) is 2.04. The topological polar surface area (TPSA) is 76.1 Å². The summed E-state index contributed by atoms with van der Waals surface area (Å²) >= 11 is 0. The molecule has 86 valence electrons. The summed E-state index contributed by atoms with van der Waals surface area (Å²) < 4.78 is 0. The van der Waals surface area contributed by atoms with Crippen molar-refractivity contribution < 1.29 is 0 Å². The lowest BCUT2D eigenvalue weighted by molar-refractivity contribution is 0.506. The maximum atomic E-state index is 5.55. The summed E-state index contributed by atoms with van der Waals surface area (Å²) in [7, 11) is 0. The normalized spacial score (nSPS) is 15.4. The molecule has 2 atom stereocenters. The van der Waals surface area contributed by atoms with Gasteiger partial charge in [-0.05, 0) is 39.8 Å². The Hall–Kier alpha value is -0.160. The van der Waals surface area contributed by atoms with Gasteiger partial charge >= 0.3 is 0 Å². The second-order valence-electron chi connectivity index (χ2n) is 3.90. The minimum atomic E-state index is 0.120. The van der Waals surface area contributed by atoms with Gasteiger partial charge in [0.1, 0.15) is 0 Å². The Bertz CT molecular complexity index is 101. The highest BCUT2D eigenvalue weighted by atomic mass is 15.0. The van der Waals surface area contributed by atoms with Crippen molar-refractivity contribution in [3.8, 4) is 0 Å². The molecule has 0 aromatic rings. The second kappa shape index (κ2) is 9.40. The van der Waals surface area contributed by atoms with Gasteiger partial charge < -0.3 is 22.1 Å². The van der Waals surface area contributed by atoms with Crippen molar-refractivity contribution in [2.24, 2.45) is 11.5 Å². The summed E-state index contributed by atoms with van der Waals surface area (Å²) in [5.41, 5.74) is 11.1. The van der Waals surface area contributed by atoms with Crippen LogP contribution in [-0.4, -0.2) is 25.4 Å². The molecule has 4 heteroatoms. The van der Waals surface area contributed by atoms with Gasteiger partial charge in [0.25, 0.3) is 0 Å². The summed E-state index contributed by atoms with van der Waals surface area (Å²) in [5, 5.41) is 6.39. The second-order valence-corrected chi connectivity index (χ2v) is 3.90. The molecule has 14 heavy (non-hydrogen) atoms. The van der Waals surface area contributed by atoms with E-state index >= 15 is 0 Å². The molecule has 0 amide bonds. The smallest absolute Gasteiger partial charge is 0.0517 e. The Kier molecular flexibility index (Phi) is 9.29. The van der Waals surface area contributed by atoms with E-state index in [-0.39, 0.29) is 12.3 Å². The van der Waals surface area contributed by atoms with Gasteiger partial charge in [0, 0.05) is 0 Å². The maximum absolute atomic E-state index is 5.55. The fourth-order valence-electron chi connectivity index (χ4n) is 1.26. The molecule has 0 aromatic heterocycles. The van der Waals surface area contributed by atoms with Gasteiger partial charge in [-0.15, -0.1) is 0 Å². The highest BCUT2D eigenvalue weighted by molar-refractivity contribution is 4.54. The Morgan fingerprint density at radius 2 is 1.14 bits per heavy atom. The zero-order chi connectivity index (χ0) is 10.8. The first kappa shape index (κ1) is 13.8. The predicted octanol–water partition coefficient (Wildman–Crippen LogP) is 0.335. The first-order valence-electron chi connectivity index (χ1n) is 5.61. The molecule has 0 aliphatic heterocycles. The molecular weight excluding hydrogens is 176 g/mol. The first-order valence-corrected chi connectivity index (χ1v) is 5.61. The van der Waals surface area contributed by atoms with Crippen molar-refractivity contribution in [1.82, 2.24) is 10.6 Å². The summed E-state index contributed by atoms with van der Waals surface area (Å²) in [5.74, 6) is 0. The number of nitrogens with one attached hydrogen (secondary N) is 2. The summed E-state index contributed by atoms with van der Waals surface area (Å²) in [6, 6.07) is 0. The molecule has 0 aromatic carbocycles. The molecule has 0 spiro atoms. The highest BCUT2D eigenvalue weighted by Crippen LogP contribution is 1.97. The van der Waals surface area contributed by atoms with Crippen LogP contribution < -0.4 is 22.1 Å². The van der Waals surface area contributed by atoms with Crippen molar-refractivity contribution in [2.45, 2.75) is 51.9 Å². The number of hydrogen-bond donors (Lipinski definition) is 4. The fourth-order valence-corrected chi connectivity index (χ4v) is 1.26. The molecule has 0 heterocycles. The number of rotatable bonds is 9. The van der Waals surface area contributed by atoms with Gasteiger partial charge in [-0.1, -0.05) is 12.8 Å². The molecule has 0 rings (SSSR count). The van der Waals surface area contributed by atoms with E-state index in [0.29, 0.717) is 0 Å². The summed E-state index contributed by atoms with van der Waals surface area (Å²) in [4.78, 5) is 0. The molecule has 6 N–H and O–H groups in total. The van der Waals surface area contributed by atoms with E-state index in [0.717, 1.165) is 13.1 Å². The molecule has 0 bridgehead atoms. The Morgan fingerprint density at radius 3 is 1.43 bits per heavy atom. The lowest BCUT2D eigenvalue weighted by atomic mass is 10.2. The standard InChI is InChI=1S/C10H26N4/c1-9(11)13-7-5-3-4-6-8-14-10(2)12/h9-10,13-14H,3-8,11-12H2,1-2H3. The van der Waals surface area contributed by atoms with Crippen molar-refractivity contribution in [2.75, 3.05) is 13.1 Å². The molecule has 0 fully saturated rings. The van der Waals surface area contributed by atoms with Crippen molar-refractivity contribution >= 4 is 0 Å². The van der Waals surface area contributed by atoms with Crippen molar-refractivity contribution in [3.05, 3.63) is 0 Å². The lowest BCUT2D eigenvalue weighted by Crippen LogP contribution is -2.35. The summed E-state index contributed by atoms with van der Waals surface area (Å²) in [6.45, 7) is 5.98. The van der Waals surface area contributed by atoms with Crippen molar-refractivity contribution in [1.29, 1.82) is 0 Å². The van der Waals surface area contributed by atoms with Gasteiger partial charge in [0.15, 0.2) is 0 Å². The van der Waals surface area contributed by atoms with Gasteiger partial charge in [-0.25, -0.2) is 0 Å². The van der Waals surface area contributed by atoms with Crippen LogP contribution in [0.15, 0.2) is 0 Å². The van der Waals surface area contributed by atoms with Gasteiger partial charge in [-0.2, -0.15) is 0 Å². The molecule has 4 nitrogen and oxygen atoms in total. The molecular formula is C10H26N4. The van der Waals surface area contributed by atoms with Crippen LogP contribution in [0, 0.1) is 0 Å². The summed E-state index contributed by atoms with van der Waals surface area (Å²) in [6.07, 6.45) is 5.18. The average molecular weight is 202 g/mol. The Labute approximate surface area is 87.8 Å². The van der Waals surface area contributed by atoms with Crippen LogP contribution in [0.3, 0.4) is 0 Å². The van der Waals surface area contributed by atoms with Gasteiger partial charge in [0.05, 0.1) is 12.3 Å². The van der Waals surface area contributed by atoms with Crippen LogP contribution in [0.2, 0.25) is 0 Å². The largest absolute Gasteiger partial charge is 0.316 e. The monoisotopic (exact) mass is 202 g/mol. The first-order chi connectivity index (χ1) is 6.63. The van der Waals surface area contributed by atoms with E-state index in [1.54, 1.807) is 0 Å². The molecule has 0 saturated heterocycles. The van der Waals surface area contributed by atoms with Gasteiger partial charge in [0.2, 0.25) is 0 Å². The maximum Gasteiger partial charge on any atom is 0.0517 e. The number of unbranched alkanes of at least 4 members (excludes halogenated alkanes) is 3.